The number of nitrogens with zero attached hydrogens (tertiary/aromatic N) is 1. The number of carbonyl (C=O) groups excluding carboxylic acids is 2. The van der Waals surface area contributed by atoms with E-state index >= 15 is 0 Å². The van der Waals surface area contributed by atoms with Crippen molar-refractivity contribution in [3.63, 3.8) is 0 Å². The second kappa shape index (κ2) is 9.12. The molecule has 0 radical (unpaired) electrons. The molecule has 1 rings (SSSR count). The summed E-state index contributed by atoms with van der Waals surface area (Å²) in [4.78, 5) is 24.1. The fourth-order valence-electron chi connectivity index (χ4n) is 3.28. The third kappa shape index (κ3) is 6.70. The summed E-state index contributed by atoms with van der Waals surface area (Å²) in [6, 6.07) is -1.00. The van der Waals surface area contributed by atoms with Crippen molar-refractivity contribution in [3.05, 3.63) is 0 Å². The number of hydrogen-bond donors (Lipinski definition) is 2. The highest BCUT2D eigenvalue weighted by molar-refractivity contribution is 7.81. The van der Waals surface area contributed by atoms with Gasteiger partial charge in [-0.3, -0.25) is 0 Å². The van der Waals surface area contributed by atoms with Crippen molar-refractivity contribution >= 4 is 23.3 Å². The third-order valence-electron chi connectivity index (χ3n) is 5.40. The second-order valence-corrected chi connectivity index (χ2v) is 10.1. The standard InChI is InChI=1S/C18H35N3O3S/c1-17(2,3)14(12-21(5)25(6)24)19-16(23)20-15(13-22)18(4)10-8-7-9-11-18/h13-15H,7-12H2,1-6H3,(H2,19,20,23). The number of carbonyl (C=O) groups is 2. The van der Waals surface area contributed by atoms with E-state index in [2.05, 4.69) is 17.6 Å². The van der Waals surface area contributed by atoms with Crippen LogP contribution in [0.2, 0.25) is 0 Å². The van der Waals surface area contributed by atoms with Gasteiger partial charge in [-0.1, -0.05) is 47.0 Å². The lowest BCUT2D eigenvalue weighted by Gasteiger charge is -2.39. The maximum atomic E-state index is 12.5. The van der Waals surface area contributed by atoms with E-state index in [0.717, 1.165) is 32.0 Å². The Bertz CT molecular complexity index is 484. The van der Waals surface area contributed by atoms with E-state index in [1.165, 1.54) is 6.42 Å². The Morgan fingerprint density at radius 3 is 2.24 bits per heavy atom. The first-order valence-electron chi connectivity index (χ1n) is 9.06. The lowest BCUT2D eigenvalue weighted by molar-refractivity contribution is -0.112. The molecule has 6 nitrogen and oxygen atoms in total. The van der Waals surface area contributed by atoms with Crippen LogP contribution in [-0.2, 0) is 15.8 Å². The van der Waals surface area contributed by atoms with Gasteiger partial charge in [-0.25, -0.2) is 13.3 Å². The summed E-state index contributed by atoms with van der Waals surface area (Å²) in [7, 11) is 0.672. The summed E-state index contributed by atoms with van der Waals surface area (Å²) < 4.78 is 13.3. The summed E-state index contributed by atoms with van der Waals surface area (Å²) in [5.41, 5.74) is -0.368. The molecule has 2 N–H and O–H groups in total. The molecule has 146 valence electrons. The van der Waals surface area contributed by atoms with E-state index in [0.29, 0.717) is 6.54 Å². The lowest BCUT2D eigenvalue weighted by Crippen LogP contribution is -2.57. The molecule has 7 heteroatoms. The van der Waals surface area contributed by atoms with Crippen molar-refractivity contribution in [2.45, 2.75) is 71.9 Å². The zero-order valence-electron chi connectivity index (χ0n) is 16.6. The topological polar surface area (TPSA) is 78.5 Å². The average Bonchev–Trinajstić information content (AvgIpc) is 2.51. The fourth-order valence-corrected chi connectivity index (χ4v) is 3.64. The van der Waals surface area contributed by atoms with E-state index < -0.39 is 17.0 Å². The minimum Gasteiger partial charge on any atom is -0.334 e. The molecular formula is C18H35N3O3S. The number of hydrogen-bond acceptors (Lipinski definition) is 3. The van der Waals surface area contributed by atoms with Gasteiger partial charge in [0.1, 0.15) is 6.29 Å². The molecular weight excluding hydrogens is 338 g/mol. The van der Waals surface area contributed by atoms with Crippen molar-refractivity contribution in [3.8, 4) is 0 Å². The number of urea groups is 1. The van der Waals surface area contributed by atoms with Crippen LogP contribution in [0.15, 0.2) is 0 Å². The van der Waals surface area contributed by atoms with Crippen molar-refractivity contribution in [1.82, 2.24) is 14.9 Å². The number of likely N-dealkylation sites (N-methyl/N-ethyl adjacent to an activating group) is 1. The van der Waals surface area contributed by atoms with Gasteiger partial charge in [-0.05, 0) is 30.7 Å². The molecule has 1 saturated carbocycles. The summed E-state index contributed by atoms with van der Waals surface area (Å²) in [6.07, 6.45) is 7.79. The minimum absolute atomic E-state index is 0.170. The Balaban J connectivity index is 2.75. The number of aldehydes is 1. The minimum atomic E-state index is -1.10. The van der Waals surface area contributed by atoms with Gasteiger partial charge in [-0.2, -0.15) is 0 Å². The van der Waals surface area contributed by atoms with Crippen molar-refractivity contribution < 1.29 is 13.8 Å². The van der Waals surface area contributed by atoms with Crippen molar-refractivity contribution in [2.75, 3.05) is 19.8 Å². The summed E-state index contributed by atoms with van der Waals surface area (Å²) in [5.74, 6) is 0. The Hall–Kier alpha value is -0.950. The molecule has 25 heavy (non-hydrogen) atoms. The highest BCUT2D eigenvalue weighted by Gasteiger charge is 2.37. The van der Waals surface area contributed by atoms with Gasteiger partial charge in [0.15, 0.2) is 0 Å². The Kier molecular flexibility index (Phi) is 8.06. The Morgan fingerprint density at radius 2 is 1.80 bits per heavy atom. The van der Waals surface area contributed by atoms with Gasteiger partial charge >= 0.3 is 6.03 Å². The molecule has 0 aromatic carbocycles. The molecule has 0 saturated heterocycles. The lowest BCUT2D eigenvalue weighted by atomic mass is 9.71. The Labute approximate surface area is 155 Å². The van der Waals surface area contributed by atoms with Crippen LogP contribution >= 0.6 is 0 Å². The summed E-state index contributed by atoms with van der Waals surface area (Å²) >= 11 is 0. The zero-order chi connectivity index (χ0) is 19.3. The second-order valence-electron chi connectivity index (χ2n) is 8.60. The van der Waals surface area contributed by atoms with Crippen molar-refractivity contribution in [1.29, 1.82) is 0 Å². The highest BCUT2D eigenvalue weighted by Crippen LogP contribution is 2.38. The average molecular weight is 374 g/mol. The molecule has 2 amide bonds. The first-order chi connectivity index (χ1) is 11.5. The van der Waals surface area contributed by atoms with Crippen LogP contribution in [0.4, 0.5) is 4.79 Å². The van der Waals surface area contributed by atoms with Crippen LogP contribution in [0.5, 0.6) is 0 Å². The van der Waals surface area contributed by atoms with Crippen LogP contribution < -0.4 is 10.6 Å². The molecule has 1 aliphatic carbocycles. The molecule has 3 atom stereocenters. The van der Waals surface area contributed by atoms with Crippen molar-refractivity contribution in [2.24, 2.45) is 10.8 Å². The maximum absolute atomic E-state index is 12.5. The first kappa shape index (κ1) is 22.1. The molecule has 0 aliphatic heterocycles. The number of rotatable bonds is 7. The predicted molar refractivity (Wildman–Crippen MR) is 103 cm³/mol. The molecule has 0 aromatic heterocycles. The smallest absolute Gasteiger partial charge is 0.315 e. The van der Waals surface area contributed by atoms with Gasteiger partial charge < -0.3 is 15.4 Å². The molecule has 0 aromatic rings. The van der Waals surface area contributed by atoms with Crippen LogP contribution in [0.1, 0.15) is 59.8 Å². The summed E-state index contributed by atoms with van der Waals surface area (Å²) in [5, 5.41) is 5.85. The monoisotopic (exact) mass is 373 g/mol. The largest absolute Gasteiger partial charge is 0.334 e. The van der Waals surface area contributed by atoms with E-state index in [9.17, 15) is 13.8 Å². The normalized spacial score (nSPS) is 21.2. The van der Waals surface area contributed by atoms with Crippen LogP contribution in [0.25, 0.3) is 0 Å². The SMILES string of the molecule is CN(CC(NC(=O)NC(C=O)C1(C)CCCCC1)C(C)(C)C)S(C)=O. The maximum Gasteiger partial charge on any atom is 0.315 e. The summed E-state index contributed by atoms with van der Waals surface area (Å²) in [6.45, 7) is 8.65. The Morgan fingerprint density at radius 1 is 1.24 bits per heavy atom. The van der Waals surface area contributed by atoms with Crippen LogP contribution in [-0.4, -0.2) is 52.8 Å². The van der Waals surface area contributed by atoms with Gasteiger partial charge in [-0.15, -0.1) is 0 Å². The van der Waals surface area contributed by atoms with E-state index in [-0.39, 0.29) is 22.9 Å². The third-order valence-corrected chi connectivity index (χ3v) is 6.43. The highest BCUT2D eigenvalue weighted by atomic mass is 32.2. The van der Waals surface area contributed by atoms with E-state index in [1.807, 2.05) is 20.8 Å². The van der Waals surface area contributed by atoms with Gasteiger partial charge in [0, 0.05) is 18.8 Å². The molecule has 0 bridgehead atoms. The predicted octanol–water partition coefficient (Wildman–Crippen LogP) is 2.46. The molecule has 0 spiro atoms. The number of amides is 2. The molecule has 0 heterocycles. The zero-order valence-corrected chi connectivity index (χ0v) is 17.4. The quantitative estimate of drug-likeness (QED) is 0.673. The van der Waals surface area contributed by atoms with Crippen LogP contribution in [0.3, 0.4) is 0 Å². The van der Waals surface area contributed by atoms with Gasteiger partial charge in [0.25, 0.3) is 0 Å². The van der Waals surface area contributed by atoms with Crippen LogP contribution in [0, 0.1) is 10.8 Å². The molecule has 3 unspecified atom stereocenters. The van der Waals surface area contributed by atoms with Gasteiger partial charge in [0.2, 0.25) is 0 Å². The first-order valence-corrected chi connectivity index (χ1v) is 10.6. The van der Waals surface area contributed by atoms with Gasteiger partial charge in [0.05, 0.1) is 17.0 Å². The number of nitrogens with one attached hydrogen (secondary N) is 2. The molecule has 1 fully saturated rings. The van der Waals surface area contributed by atoms with E-state index in [4.69, 9.17) is 0 Å². The van der Waals surface area contributed by atoms with E-state index in [1.54, 1.807) is 17.6 Å². The molecule has 1 aliphatic rings. The fraction of sp³-hybridized carbons (Fsp3) is 0.889.